The molecule has 0 aromatic carbocycles. The highest BCUT2D eigenvalue weighted by atomic mass is 19.4. The van der Waals surface area contributed by atoms with E-state index < -0.39 is 59.7 Å². The van der Waals surface area contributed by atoms with Crippen molar-refractivity contribution < 1.29 is 66.6 Å². The summed E-state index contributed by atoms with van der Waals surface area (Å²) in [6.45, 7) is 1.89. The van der Waals surface area contributed by atoms with Crippen LogP contribution in [0, 0.1) is 29.1 Å². The molecule has 5 atom stereocenters. The predicted octanol–water partition coefficient (Wildman–Crippen LogP) is 6.59. The van der Waals surface area contributed by atoms with E-state index in [1.807, 2.05) is 6.92 Å². The Kier molecular flexibility index (Phi) is 6.34. The molecule has 0 aliphatic heterocycles. The van der Waals surface area contributed by atoms with Crippen molar-refractivity contribution in [1.29, 1.82) is 0 Å². The van der Waals surface area contributed by atoms with Crippen LogP contribution in [-0.2, 0) is 9.53 Å². The Hall–Kier alpha value is -1.44. The molecule has 0 amide bonds. The number of ether oxygens (including phenoxy) is 1. The van der Waals surface area contributed by atoms with Gasteiger partial charge in [0.2, 0.25) is 0 Å². The summed E-state index contributed by atoms with van der Waals surface area (Å²) in [5.41, 5.74) is -1.49. The van der Waals surface area contributed by atoms with Gasteiger partial charge in [0.15, 0.2) is 6.61 Å². The lowest BCUT2D eigenvalue weighted by atomic mass is 9.67. The number of fused-ring (bicyclic) bond motifs is 2. The van der Waals surface area contributed by atoms with Crippen molar-refractivity contribution in [3.05, 3.63) is 0 Å². The van der Waals surface area contributed by atoms with Crippen molar-refractivity contribution in [2.45, 2.75) is 69.4 Å². The van der Waals surface area contributed by atoms with E-state index in [0.717, 1.165) is 0 Å². The van der Waals surface area contributed by atoms with Crippen LogP contribution in [0.3, 0.4) is 0 Å². The second kappa shape index (κ2) is 7.53. The standard InChI is InChI=1S/C18H19F13O2/c1-7-8(2)10-4-9(7)5-12(10,3)11(32)33-6-13(19,20)14(21,22)15(23,24)16(25,26)17(27,28)18(29,30)31/h7-10H,4-6H2,1-3H3. The van der Waals surface area contributed by atoms with Crippen LogP contribution in [0.15, 0.2) is 0 Å². The van der Waals surface area contributed by atoms with Gasteiger partial charge in [0.25, 0.3) is 0 Å². The molecule has 2 aliphatic carbocycles. The summed E-state index contributed by atoms with van der Waals surface area (Å²) >= 11 is 0. The number of halogens is 13. The number of hydrogen-bond acceptors (Lipinski definition) is 2. The Bertz CT molecular complexity index is 774. The van der Waals surface area contributed by atoms with Gasteiger partial charge in [0.05, 0.1) is 5.41 Å². The smallest absolute Gasteiger partial charge is 0.459 e. The lowest BCUT2D eigenvalue weighted by Gasteiger charge is -2.40. The van der Waals surface area contributed by atoms with Gasteiger partial charge in [-0.25, -0.2) is 0 Å². The van der Waals surface area contributed by atoms with E-state index in [2.05, 4.69) is 4.74 Å². The number of alkyl halides is 13. The average Bonchev–Trinajstić information content (AvgIpc) is 3.14. The molecule has 194 valence electrons. The molecule has 2 bridgehead atoms. The summed E-state index contributed by atoms with van der Waals surface area (Å²) in [5, 5.41) is 0. The van der Waals surface area contributed by atoms with Crippen molar-refractivity contribution in [2.24, 2.45) is 29.1 Å². The zero-order valence-corrected chi connectivity index (χ0v) is 17.2. The van der Waals surface area contributed by atoms with Crippen molar-refractivity contribution in [3.63, 3.8) is 0 Å². The lowest BCUT2D eigenvalue weighted by Crippen LogP contribution is -2.70. The first-order chi connectivity index (χ1) is 14.4. The van der Waals surface area contributed by atoms with Gasteiger partial charge in [-0.15, -0.1) is 0 Å². The van der Waals surface area contributed by atoms with Gasteiger partial charge < -0.3 is 4.74 Å². The fourth-order valence-electron chi connectivity index (χ4n) is 4.81. The van der Waals surface area contributed by atoms with Crippen LogP contribution in [0.2, 0.25) is 0 Å². The van der Waals surface area contributed by atoms with E-state index in [0.29, 0.717) is 6.42 Å². The minimum absolute atomic E-state index is 0.0582. The summed E-state index contributed by atoms with van der Waals surface area (Å²) < 4.78 is 175. The third-order valence-electron chi connectivity index (χ3n) is 7.12. The topological polar surface area (TPSA) is 26.3 Å². The Labute approximate surface area is 178 Å². The molecule has 2 aliphatic rings. The molecule has 0 heterocycles. The second-order valence-corrected chi connectivity index (χ2v) is 9.02. The summed E-state index contributed by atoms with van der Waals surface area (Å²) in [6.07, 6.45) is -6.94. The molecule has 15 heteroatoms. The van der Waals surface area contributed by atoms with E-state index in [1.54, 1.807) is 6.92 Å². The number of hydrogen-bond donors (Lipinski definition) is 0. The van der Waals surface area contributed by atoms with Crippen LogP contribution in [-0.4, -0.2) is 48.4 Å². The summed E-state index contributed by atoms with van der Waals surface area (Å²) in [5.74, 6) is -39.6. The molecule has 33 heavy (non-hydrogen) atoms. The first kappa shape index (κ1) is 27.8. The second-order valence-electron chi connectivity index (χ2n) is 9.02. The van der Waals surface area contributed by atoms with Gasteiger partial charge >= 0.3 is 41.8 Å². The number of esters is 1. The largest absolute Gasteiger partial charge is 0.460 e. The predicted molar refractivity (Wildman–Crippen MR) is 84.4 cm³/mol. The Balaban J connectivity index is 2.25. The van der Waals surface area contributed by atoms with Gasteiger partial charge in [0, 0.05) is 0 Å². The molecule has 0 spiro atoms. The minimum atomic E-state index is -7.97. The normalized spacial score (nSPS) is 31.8. The number of rotatable bonds is 7. The molecular weight excluding hydrogens is 495 g/mol. The van der Waals surface area contributed by atoms with Crippen LogP contribution in [0.5, 0.6) is 0 Å². The molecule has 0 N–H and O–H groups in total. The monoisotopic (exact) mass is 514 g/mol. The van der Waals surface area contributed by atoms with Gasteiger partial charge in [-0.3, -0.25) is 4.79 Å². The van der Waals surface area contributed by atoms with Crippen molar-refractivity contribution in [3.8, 4) is 0 Å². The zero-order chi connectivity index (χ0) is 26.2. The average molecular weight is 514 g/mol. The number of carbonyl (C=O) groups excluding carboxylic acids is 1. The van der Waals surface area contributed by atoms with E-state index in [4.69, 9.17) is 0 Å². The Morgan fingerprint density at radius 3 is 1.64 bits per heavy atom. The van der Waals surface area contributed by atoms with Gasteiger partial charge in [0.1, 0.15) is 0 Å². The van der Waals surface area contributed by atoms with Crippen molar-refractivity contribution in [2.75, 3.05) is 6.61 Å². The highest BCUT2D eigenvalue weighted by Gasteiger charge is 2.90. The molecule has 2 fully saturated rings. The summed E-state index contributed by atoms with van der Waals surface area (Å²) in [7, 11) is 0. The fourth-order valence-corrected chi connectivity index (χ4v) is 4.81. The maximum atomic E-state index is 13.8. The third kappa shape index (κ3) is 3.66. The molecular formula is C18H19F13O2. The molecule has 0 saturated heterocycles. The highest BCUT2D eigenvalue weighted by molar-refractivity contribution is 5.77. The molecule has 0 aromatic heterocycles. The molecule has 0 aromatic rings. The molecule has 2 rings (SSSR count). The van der Waals surface area contributed by atoms with E-state index in [1.165, 1.54) is 6.92 Å². The Morgan fingerprint density at radius 2 is 1.24 bits per heavy atom. The zero-order valence-electron chi connectivity index (χ0n) is 17.2. The van der Waals surface area contributed by atoms with E-state index in [9.17, 15) is 61.9 Å². The van der Waals surface area contributed by atoms with Crippen molar-refractivity contribution in [1.82, 2.24) is 0 Å². The summed E-state index contributed by atoms with van der Waals surface area (Å²) in [4.78, 5) is 12.3. The van der Waals surface area contributed by atoms with E-state index >= 15 is 0 Å². The van der Waals surface area contributed by atoms with Crippen LogP contribution in [0.4, 0.5) is 57.1 Å². The van der Waals surface area contributed by atoms with Crippen molar-refractivity contribution >= 4 is 5.97 Å². The third-order valence-corrected chi connectivity index (χ3v) is 7.12. The first-order valence-corrected chi connectivity index (χ1v) is 9.53. The maximum absolute atomic E-state index is 13.8. The van der Waals surface area contributed by atoms with Crippen LogP contribution in [0.1, 0.15) is 33.6 Å². The Morgan fingerprint density at radius 1 is 0.788 bits per heavy atom. The molecule has 0 radical (unpaired) electrons. The van der Waals surface area contributed by atoms with Crippen LogP contribution >= 0.6 is 0 Å². The highest BCUT2D eigenvalue weighted by Crippen LogP contribution is 2.62. The van der Waals surface area contributed by atoms with Gasteiger partial charge in [-0.1, -0.05) is 13.8 Å². The first-order valence-electron chi connectivity index (χ1n) is 9.53. The maximum Gasteiger partial charge on any atom is 0.460 e. The SMILES string of the molecule is CC1C2CC(C1C)C(C)(C(=O)OCC(F)(F)C(F)(F)C(F)(F)C(F)(F)C(F)(F)C(F)(F)F)C2. The van der Waals surface area contributed by atoms with Crippen LogP contribution < -0.4 is 0 Å². The van der Waals surface area contributed by atoms with Gasteiger partial charge in [-0.2, -0.15) is 57.1 Å². The lowest BCUT2D eigenvalue weighted by molar-refractivity contribution is -0.441. The van der Waals surface area contributed by atoms with Gasteiger partial charge in [-0.05, 0) is 43.4 Å². The molecule has 5 unspecified atom stereocenters. The molecule has 2 saturated carbocycles. The quantitative estimate of drug-likeness (QED) is 0.283. The summed E-state index contributed by atoms with van der Waals surface area (Å²) in [6, 6.07) is 0. The number of carbonyl (C=O) groups is 1. The van der Waals surface area contributed by atoms with E-state index in [-0.39, 0.29) is 24.2 Å². The molecule has 2 nitrogen and oxygen atoms in total. The van der Waals surface area contributed by atoms with Crippen LogP contribution in [0.25, 0.3) is 0 Å². The minimum Gasteiger partial charge on any atom is -0.459 e. The fraction of sp³-hybridized carbons (Fsp3) is 0.944.